The maximum atomic E-state index is 12.4. The monoisotopic (exact) mass is 556 g/mol. The van der Waals surface area contributed by atoms with Crippen molar-refractivity contribution in [2.24, 2.45) is 7.05 Å². The summed E-state index contributed by atoms with van der Waals surface area (Å²) in [5.41, 5.74) is 3.77. The first-order valence-electron chi connectivity index (χ1n) is 13.8. The first-order valence-corrected chi connectivity index (χ1v) is 13.8. The summed E-state index contributed by atoms with van der Waals surface area (Å²) in [6, 6.07) is 9.62. The predicted octanol–water partition coefficient (Wildman–Crippen LogP) is 3.26. The summed E-state index contributed by atoms with van der Waals surface area (Å²) in [7, 11) is 1.84. The highest BCUT2D eigenvalue weighted by atomic mass is 16.6. The van der Waals surface area contributed by atoms with Crippen molar-refractivity contribution in [1.29, 1.82) is 0 Å². The summed E-state index contributed by atoms with van der Waals surface area (Å²) < 4.78 is 8.86. The average molecular weight is 557 g/mol. The number of aromatic nitrogens is 6. The summed E-state index contributed by atoms with van der Waals surface area (Å²) in [6.45, 7) is 9.18. The summed E-state index contributed by atoms with van der Waals surface area (Å²) in [4.78, 5) is 38.1. The number of hydrogen-bond donors (Lipinski definition) is 0. The normalized spacial score (nSPS) is 14.3. The quantitative estimate of drug-likeness (QED) is 0.341. The Labute approximate surface area is 239 Å². The van der Waals surface area contributed by atoms with Crippen LogP contribution in [0.5, 0.6) is 0 Å². The third-order valence-electron chi connectivity index (χ3n) is 6.81. The fraction of sp³-hybridized carbons (Fsp3) is 0.400. The van der Waals surface area contributed by atoms with Crippen LogP contribution in [0.4, 0.5) is 4.79 Å². The molecule has 214 valence electrons. The molecule has 4 aromatic rings. The highest BCUT2D eigenvalue weighted by Crippen LogP contribution is 2.18. The van der Waals surface area contributed by atoms with E-state index in [0.717, 1.165) is 42.0 Å². The van der Waals surface area contributed by atoms with Crippen molar-refractivity contribution in [3.05, 3.63) is 88.4 Å². The van der Waals surface area contributed by atoms with E-state index >= 15 is 0 Å². The largest absolute Gasteiger partial charge is 0.444 e. The van der Waals surface area contributed by atoms with Crippen LogP contribution in [-0.2, 0) is 31.2 Å². The van der Waals surface area contributed by atoms with E-state index in [9.17, 15) is 9.59 Å². The third-order valence-corrected chi connectivity index (χ3v) is 6.81. The van der Waals surface area contributed by atoms with Crippen LogP contribution in [0.15, 0.2) is 66.1 Å². The van der Waals surface area contributed by atoms with E-state index in [-0.39, 0.29) is 11.5 Å². The van der Waals surface area contributed by atoms with Gasteiger partial charge in [0.15, 0.2) is 5.82 Å². The fourth-order valence-corrected chi connectivity index (χ4v) is 4.68. The molecular formula is C30H36N8O3. The molecule has 0 bridgehead atoms. The number of aryl methyl sites for hydroxylation is 3. The number of ether oxygens (including phenoxy) is 1. The predicted molar refractivity (Wildman–Crippen MR) is 155 cm³/mol. The molecule has 0 radical (unpaired) electrons. The fourth-order valence-electron chi connectivity index (χ4n) is 4.68. The molecule has 0 N–H and O–H groups in total. The third kappa shape index (κ3) is 7.43. The second-order valence-corrected chi connectivity index (χ2v) is 11.3. The van der Waals surface area contributed by atoms with E-state index in [0.29, 0.717) is 37.4 Å². The van der Waals surface area contributed by atoms with Crippen LogP contribution >= 0.6 is 0 Å². The maximum Gasteiger partial charge on any atom is 0.410 e. The molecule has 1 aromatic carbocycles. The van der Waals surface area contributed by atoms with Crippen LogP contribution in [0.25, 0.3) is 17.1 Å². The number of piperazine rings is 1. The molecule has 1 saturated heterocycles. The molecule has 1 fully saturated rings. The Morgan fingerprint density at radius 2 is 1.73 bits per heavy atom. The Balaban J connectivity index is 1.17. The Morgan fingerprint density at radius 3 is 2.41 bits per heavy atom. The highest BCUT2D eigenvalue weighted by molar-refractivity contribution is 5.68. The van der Waals surface area contributed by atoms with Gasteiger partial charge in [0.25, 0.3) is 0 Å². The van der Waals surface area contributed by atoms with Gasteiger partial charge in [-0.1, -0.05) is 18.2 Å². The molecule has 0 unspecified atom stereocenters. The zero-order valence-corrected chi connectivity index (χ0v) is 24.0. The minimum atomic E-state index is -0.490. The van der Waals surface area contributed by atoms with Crippen LogP contribution in [0, 0.1) is 0 Å². The van der Waals surface area contributed by atoms with Crippen molar-refractivity contribution >= 4 is 6.09 Å². The van der Waals surface area contributed by atoms with Crippen molar-refractivity contribution < 1.29 is 9.53 Å². The summed E-state index contributed by atoms with van der Waals surface area (Å²) in [5.74, 6) is 0.655. The molecule has 11 heteroatoms. The zero-order chi connectivity index (χ0) is 29.0. The lowest BCUT2D eigenvalue weighted by Crippen LogP contribution is -2.49. The SMILES string of the molecule is Cn1cc(-n2ccc(=O)c(CCc3cccc(-c4ncc(CN5CCN(C(=O)OC(C)(C)C)CC5)cn4)c3)n2)cn1. The van der Waals surface area contributed by atoms with Crippen molar-refractivity contribution in [2.75, 3.05) is 26.2 Å². The van der Waals surface area contributed by atoms with Gasteiger partial charge in [0, 0.05) is 75.6 Å². The zero-order valence-electron chi connectivity index (χ0n) is 24.0. The van der Waals surface area contributed by atoms with Crippen LogP contribution in [0.3, 0.4) is 0 Å². The van der Waals surface area contributed by atoms with E-state index in [2.05, 4.69) is 31.1 Å². The standard InChI is InChI=1S/C30H36N8O3/c1-30(2,3)41-29(40)37-14-12-36(13-15-37)20-23-17-31-28(32-18-23)24-7-5-6-22(16-24)8-9-26-27(39)10-11-38(34-26)25-19-33-35(4)21-25/h5-7,10-11,16-19,21H,8-9,12-15,20H2,1-4H3. The Morgan fingerprint density at radius 1 is 0.976 bits per heavy atom. The number of benzene rings is 1. The van der Waals surface area contributed by atoms with Gasteiger partial charge >= 0.3 is 6.09 Å². The van der Waals surface area contributed by atoms with Crippen LogP contribution < -0.4 is 5.43 Å². The van der Waals surface area contributed by atoms with E-state index in [4.69, 9.17) is 4.74 Å². The van der Waals surface area contributed by atoms with E-state index in [1.807, 2.05) is 64.6 Å². The number of amides is 1. The van der Waals surface area contributed by atoms with E-state index in [1.54, 1.807) is 32.7 Å². The number of nitrogens with zero attached hydrogens (tertiary/aromatic N) is 8. The number of rotatable bonds is 7. The highest BCUT2D eigenvalue weighted by Gasteiger charge is 2.25. The molecule has 4 heterocycles. The Bertz CT molecular complexity index is 1550. The second-order valence-electron chi connectivity index (χ2n) is 11.3. The van der Waals surface area contributed by atoms with Gasteiger partial charge in [-0.25, -0.2) is 19.4 Å². The molecule has 3 aromatic heterocycles. The van der Waals surface area contributed by atoms with Gasteiger partial charge in [-0.15, -0.1) is 0 Å². The van der Waals surface area contributed by atoms with E-state index < -0.39 is 5.60 Å². The molecule has 1 aliphatic heterocycles. The van der Waals surface area contributed by atoms with Crippen molar-refractivity contribution in [1.82, 2.24) is 39.3 Å². The van der Waals surface area contributed by atoms with E-state index in [1.165, 1.54) is 0 Å². The minimum absolute atomic E-state index is 0.0773. The van der Waals surface area contributed by atoms with Gasteiger partial charge in [-0.05, 0) is 45.2 Å². The number of carbonyl (C=O) groups excluding carboxylic acids is 1. The molecule has 0 aliphatic carbocycles. The molecule has 0 atom stereocenters. The van der Waals surface area contributed by atoms with Gasteiger partial charge < -0.3 is 9.64 Å². The van der Waals surface area contributed by atoms with Gasteiger partial charge in [-0.2, -0.15) is 10.2 Å². The van der Waals surface area contributed by atoms with Crippen molar-refractivity contribution in [2.45, 2.75) is 45.8 Å². The second kappa shape index (κ2) is 12.0. The van der Waals surface area contributed by atoms with Gasteiger partial charge in [0.05, 0.1) is 12.4 Å². The molecule has 1 amide bonds. The molecule has 1 aliphatic rings. The number of hydrogen-bond acceptors (Lipinski definition) is 8. The smallest absolute Gasteiger partial charge is 0.410 e. The van der Waals surface area contributed by atoms with Gasteiger partial charge in [0.2, 0.25) is 5.43 Å². The molecular weight excluding hydrogens is 520 g/mol. The first kappa shape index (κ1) is 28.2. The topological polar surface area (TPSA) is 111 Å². The lowest BCUT2D eigenvalue weighted by atomic mass is 10.0. The molecule has 11 nitrogen and oxygen atoms in total. The van der Waals surface area contributed by atoms with Gasteiger partial charge in [-0.3, -0.25) is 14.4 Å². The summed E-state index contributed by atoms with van der Waals surface area (Å²) in [5, 5.41) is 8.71. The van der Waals surface area contributed by atoms with Gasteiger partial charge in [0.1, 0.15) is 17.0 Å². The number of carbonyl (C=O) groups is 1. The lowest BCUT2D eigenvalue weighted by molar-refractivity contribution is 0.0139. The molecule has 5 rings (SSSR count). The summed E-state index contributed by atoms with van der Waals surface area (Å²) in [6.07, 6.45) is 9.88. The molecule has 41 heavy (non-hydrogen) atoms. The minimum Gasteiger partial charge on any atom is -0.444 e. The molecule has 0 saturated carbocycles. The Hall–Kier alpha value is -4.38. The average Bonchev–Trinajstić information content (AvgIpc) is 3.39. The van der Waals surface area contributed by atoms with Crippen LogP contribution in [0.2, 0.25) is 0 Å². The van der Waals surface area contributed by atoms with Crippen molar-refractivity contribution in [3.8, 4) is 17.1 Å². The lowest BCUT2D eigenvalue weighted by Gasteiger charge is -2.35. The first-order chi connectivity index (χ1) is 19.6. The van der Waals surface area contributed by atoms with Crippen LogP contribution in [-0.4, -0.2) is 77.2 Å². The van der Waals surface area contributed by atoms with Crippen LogP contribution in [0.1, 0.15) is 37.6 Å². The Kier molecular flexibility index (Phi) is 8.25. The molecule has 0 spiro atoms. The maximum absolute atomic E-state index is 12.4. The van der Waals surface area contributed by atoms with Crippen molar-refractivity contribution in [3.63, 3.8) is 0 Å². The summed E-state index contributed by atoms with van der Waals surface area (Å²) >= 11 is 0.